The first-order valence-corrected chi connectivity index (χ1v) is 12.6. The molecular formula is C24H24ClN3O6S. The first kappa shape index (κ1) is 26.2. The van der Waals surface area contributed by atoms with E-state index < -0.39 is 29.4 Å². The second kappa shape index (κ2) is 11.9. The predicted molar refractivity (Wildman–Crippen MR) is 135 cm³/mol. The highest BCUT2D eigenvalue weighted by atomic mass is 35.5. The highest BCUT2D eigenvalue weighted by Gasteiger charge is 2.25. The number of nitro groups is 1. The van der Waals surface area contributed by atoms with E-state index in [9.17, 15) is 24.5 Å². The molecule has 0 saturated heterocycles. The van der Waals surface area contributed by atoms with Crippen LogP contribution in [-0.2, 0) is 16.0 Å². The smallest absolute Gasteiger partial charge is 0.329 e. The van der Waals surface area contributed by atoms with Gasteiger partial charge in [-0.05, 0) is 36.5 Å². The van der Waals surface area contributed by atoms with Crippen molar-refractivity contribution >= 4 is 57.6 Å². The van der Waals surface area contributed by atoms with E-state index in [1.54, 1.807) is 6.20 Å². The van der Waals surface area contributed by atoms with Crippen molar-refractivity contribution in [3.63, 3.8) is 0 Å². The summed E-state index contributed by atoms with van der Waals surface area (Å²) >= 11 is 7.51. The van der Waals surface area contributed by atoms with Gasteiger partial charge in [-0.3, -0.25) is 19.7 Å². The van der Waals surface area contributed by atoms with Gasteiger partial charge in [-0.1, -0.05) is 36.7 Å². The number of para-hydroxylation sites is 1. The molecule has 184 valence electrons. The zero-order chi connectivity index (χ0) is 25.5. The minimum absolute atomic E-state index is 0.0131. The molecular weight excluding hydrogens is 494 g/mol. The summed E-state index contributed by atoms with van der Waals surface area (Å²) in [5, 5.41) is 14.1. The van der Waals surface area contributed by atoms with Crippen molar-refractivity contribution in [1.82, 2.24) is 10.3 Å². The number of nitrogens with zero attached hydrogens (tertiary/aromatic N) is 1. The van der Waals surface area contributed by atoms with Crippen molar-refractivity contribution in [2.75, 3.05) is 18.6 Å². The van der Waals surface area contributed by atoms with Gasteiger partial charge in [0.25, 0.3) is 11.6 Å². The lowest BCUT2D eigenvalue weighted by Crippen LogP contribution is -2.42. The molecule has 0 fully saturated rings. The Kier molecular flexibility index (Phi) is 8.89. The molecule has 11 heteroatoms. The quantitative estimate of drug-likeness (QED) is 0.165. The first-order valence-electron chi connectivity index (χ1n) is 10.8. The summed E-state index contributed by atoms with van der Waals surface area (Å²) in [6.45, 7) is 1.54. The zero-order valence-corrected chi connectivity index (χ0v) is 20.7. The van der Waals surface area contributed by atoms with E-state index in [4.69, 9.17) is 16.3 Å². The number of aryl methyl sites for hydroxylation is 1. The average molecular weight is 518 g/mol. The maximum atomic E-state index is 12.8. The molecule has 1 unspecified atom stereocenters. The van der Waals surface area contributed by atoms with Crippen LogP contribution in [0, 0.1) is 10.1 Å². The SMILES string of the molecule is CCc1cccc2c(C(=O)COC(=O)C(CCSC)NC(=O)c3ccc([N+](=O)[O-])cc3Cl)c[nH]c12. The average Bonchev–Trinajstić information content (AvgIpc) is 3.29. The molecule has 1 heterocycles. The number of H-pyrrole nitrogens is 1. The number of non-ortho nitro benzene ring substituents is 1. The van der Waals surface area contributed by atoms with Gasteiger partial charge in [-0.15, -0.1) is 0 Å². The third kappa shape index (κ3) is 6.20. The van der Waals surface area contributed by atoms with E-state index in [0.29, 0.717) is 11.3 Å². The Labute approximate surface area is 210 Å². The number of ketones is 1. The van der Waals surface area contributed by atoms with Gasteiger partial charge in [0.2, 0.25) is 5.78 Å². The molecule has 2 N–H and O–H groups in total. The Bertz CT molecular complexity index is 1280. The highest BCUT2D eigenvalue weighted by molar-refractivity contribution is 7.98. The van der Waals surface area contributed by atoms with Crippen LogP contribution in [0.2, 0.25) is 5.02 Å². The summed E-state index contributed by atoms with van der Waals surface area (Å²) < 4.78 is 5.26. The van der Waals surface area contributed by atoms with Crippen molar-refractivity contribution in [1.29, 1.82) is 0 Å². The molecule has 0 radical (unpaired) electrons. The van der Waals surface area contributed by atoms with Gasteiger partial charge in [0, 0.05) is 34.8 Å². The number of rotatable bonds is 11. The summed E-state index contributed by atoms with van der Waals surface area (Å²) in [5.41, 5.74) is 2.09. The van der Waals surface area contributed by atoms with E-state index in [2.05, 4.69) is 10.3 Å². The van der Waals surface area contributed by atoms with Crippen LogP contribution in [0.3, 0.4) is 0 Å². The molecule has 35 heavy (non-hydrogen) atoms. The fourth-order valence-electron chi connectivity index (χ4n) is 3.58. The van der Waals surface area contributed by atoms with Gasteiger partial charge in [0.1, 0.15) is 6.04 Å². The number of nitro benzene ring substituents is 1. The lowest BCUT2D eigenvalue weighted by Gasteiger charge is -2.17. The molecule has 2 aromatic carbocycles. The van der Waals surface area contributed by atoms with E-state index >= 15 is 0 Å². The molecule has 0 aliphatic rings. The number of esters is 1. The first-order chi connectivity index (χ1) is 16.8. The molecule has 0 bridgehead atoms. The monoisotopic (exact) mass is 517 g/mol. The number of carbonyl (C=O) groups is 3. The summed E-state index contributed by atoms with van der Waals surface area (Å²) in [7, 11) is 0. The summed E-state index contributed by atoms with van der Waals surface area (Å²) in [6.07, 6.45) is 4.51. The zero-order valence-electron chi connectivity index (χ0n) is 19.1. The van der Waals surface area contributed by atoms with Crippen LogP contribution in [0.5, 0.6) is 0 Å². The number of ether oxygens (including phenoxy) is 1. The van der Waals surface area contributed by atoms with Crippen LogP contribution < -0.4 is 5.32 Å². The van der Waals surface area contributed by atoms with Crippen LogP contribution in [0.25, 0.3) is 10.9 Å². The Hall–Kier alpha value is -3.37. The largest absolute Gasteiger partial charge is 0.456 e. The van der Waals surface area contributed by atoms with E-state index in [1.807, 2.05) is 31.4 Å². The number of hydrogen-bond acceptors (Lipinski definition) is 7. The lowest BCUT2D eigenvalue weighted by molar-refractivity contribution is -0.384. The Balaban J connectivity index is 1.69. The van der Waals surface area contributed by atoms with Crippen molar-refractivity contribution < 1.29 is 24.0 Å². The molecule has 1 amide bonds. The van der Waals surface area contributed by atoms with Crippen molar-refractivity contribution in [3.8, 4) is 0 Å². The summed E-state index contributed by atoms with van der Waals surface area (Å²) in [6, 6.07) is 8.09. The maximum absolute atomic E-state index is 12.8. The Morgan fingerprint density at radius 3 is 2.66 bits per heavy atom. The number of Topliss-reactive ketones (excluding diaryl/α,β-unsaturated/α-hetero) is 1. The molecule has 0 aliphatic carbocycles. The number of hydrogen-bond donors (Lipinski definition) is 2. The number of aromatic nitrogens is 1. The summed E-state index contributed by atoms with van der Waals surface area (Å²) in [5.74, 6) is -1.26. The number of halogens is 1. The molecule has 3 aromatic rings. The number of benzene rings is 2. The predicted octanol–water partition coefficient (Wildman–Crippen LogP) is 4.57. The second-order valence-electron chi connectivity index (χ2n) is 7.66. The number of amides is 1. The van der Waals surface area contributed by atoms with Crippen LogP contribution in [-0.4, -0.2) is 52.2 Å². The highest BCUT2D eigenvalue weighted by Crippen LogP contribution is 2.24. The van der Waals surface area contributed by atoms with Gasteiger partial charge >= 0.3 is 5.97 Å². The van der Waals surface area contributed by atoms with E-state index in [0.717, 1.165) is 35.0 Å². The topological polar surface area (TPSA) is 131 Å². The molecule has 1 atom stereocenters. The molecule has 0 spiro atoms. The van der Waals surface area contributed by atoms with Gasteiger partial charge in [-0.2, -0.15) is 11.8 Å². The van der Waals surface area contributed by atoms with E-state index in [-0.39, 0.29) is 28.5 Å². The fourth-order valence-corrected chi connectivity index (χ4v) is 4.31. The molecule has 3 rings (SSSR count). The maximum Gasteiger partial charge on any atom is 0.329 e. The fraction of sp³-hybridized carbons (Fsp3) is 0.292. The Morgan fingerprint density at radius 2 is 2.00 bits per heavy atom. The third-order valence-corrected chi connectivity index (χ3v) is 6.39. The number of aromatic amines is 1. The Morgan fingerprint density at radius 1 is 1.23 bits per heavy atom. The van der Waals surface area contributed by atoms with Gasteiger partial charge in [0.05, 0.1) is 15.5 Å². The molecule has 1 aromatic heterocycles. The van der Waals surface area contributed by atoms with Gasteiger partial charge < -0.3 is 15.0 Å². The van der Waals surface area contributed by atoms with Crippen molar-refractivity contribution in [3.05, 3.63) is 74.4 Å². The molecule has 0 saturated carbocycles. The second-order valence-corrected chi connectivity index (χ2v) is 9.05. The minimum atomic E-state index is -1.02. The summed E-state index contributed by atoms with van der Waals surface area (Å²) in [4.78, 5) is 51.6. The van der Waals surface area contributed by atoms with Gasteiger partial charge in [-0.25, -0.2) is 4.79 Å². The number of nitrogens with one attached hydrogen (secondary N) is 2. The normalized spacial score (nSPS) is 11.7. The number of thioether (sulfide) groups is 1. The third-order valence-electron chi connectivity index (χ3n) is 5.44. The standard InChI is InChI=1S/C24H24ClN3O6S/c1-3-14-5-4-6-16-18(12-26-22(14)16)21(29)13-34-24(31)20(9-10-35-2)27-23(30)17-8-7-15(28(32)33)11-19(17)25/h4-8,11-12,20,26H,3,9-10,13H2,1-2H3,(H,27,30). The minimum Gasteiger partial charge on any atom is -0.456 e. The van der Waals surface area contributed by atoms with Crippen LogP contribution >= 0.6 is 23.4 Å². The van der Waals surface area contributed by atoms with Crippen molar-refractivity contribution in [2.24, 2.45) is 0 Å². The van der Waals surface area contributed by atoms with Crippen LogP contribution in [0.4, 0.5) is 5.69 Å². The van der Waals surface area contributed by atoms with Crippen molar-refractivity contribution in [2.45, 2.75) is 25.8 Å². The van der Waals surface area contributed by atoms with E-state index in [1.165, 1.54) is 17.8 Å². The van der Waals surface area contributed by atoms with Crippen LogP contribution in [0.1, 0.15) is 39.6 Å². The van der Waals surface area contributed by atoms with Crippen LogP contribution in [0.15, 0.2) is 42.6 Å². The van der Waals surface area contributed by atoms with Gasteiger partial charge in [0.15, 0.2) is 6.61 Å². The molecule has 9 nitrogen and oxygen atoms in total. The number of fused-ring (bicyclic) bond motifs is 1. The number of carbonyl (C=O) groups excluding carboxylic acids is 3. The molecule has 0 aliphatic heterocycles. The lowest BCUT2D eigenvalue weighted by atomic mass is 10.1.